The zero-order valence-corrected chi connectivity index (χ0v) is 9.97. The molecule has 2 aromatic rings. The molecule has 0 amide bonds. The summed E-state index contributed by atoms with van der Waals surface area (Å²) in [5.41, 5.74) is 1.10. The van der Waals surface area contributed by atoms with Crippen molar-refractivity contribution in [3.8, 4) is 5.88 Å². The number of hydrogen-bond donors (Lipinski definition) is 0. The lowest BCUT2D eigenvalue weighted by molar-refractivity contribution is 0.254. The quantitative estimate of drug-likeness (QED) is 0.781. The number of nitrogens with zero attached hydrogens (tertiary/aromatic N) is 3. The largest absolute Gasteiger partial charge is 0.475 e. The minimum absolute atomic E-state index is 0.661. The number of benzene rings is 1. The first-order chi connectivity index (χ1) is 7.68. The zero-order valence-electron chi connectivity index (χ0n) is 9.97. The van der Waals surface area contributed by atoms with Crippen molar-refractivity contribution in [3.05, 3.63) is 24.3 Å². The number of aryl methyl sites for hydroxylation is 1. The third kappa shape index (κ3) is 2.17. The lowest BCUT2D eigenvalue weighted by Gasteiger charge is -2.09. The normalized spacial score (nSPS) is 11.2. The maximum atomic E-state index is 5.68. The Morgan fingerprint density at radius 3 is 2.81 bits per heavy atom. The molecule has 0 spiro atoms. The van der Waals surface area contributed by atoms with Crippen LogP contribution in [-0.4, -0.2) is 41.9 Å². The molecule has 0 N–H and O–H groups in total. The van der Waals surface area contributed by atoms with Crippen molar-refractivity contribution in [3.63, 3.8) is 0 Å². The van der Waals surface area contributed by atoms with E-state index in [1.54, 1.807) is 0 Å². The second kappa shape index (κ2) is 4.53. The van der Waals surface area contributed by atoms with Crippen molar-refractivity contribution in [1.29, 1.82) is 0 Å². The van der Waals surface area contributed by atoms with Crippen LogP contribution >= 0.6 is 0 Å². The minimum Gasteiger partial charge on any atom is -0.475 e. The molecule has 0 radical (unpaired) electrons. The molecule has 4 nitrogen and oxygen atoms in total. The van der Waals surface area contributed by atoms with Gasteiger partial charge in [0.15, 0.2) is 0 Å². The smallest absolute Gasteiger partial charge is 0.240 e. The van der Waals surface area contributed by atoms with Crippen LogP contribution in [0.5, 0.6) is 5.88 Å². The fourth-order valence-corrected chi connectivity index (χ4v) is 1.61. The van der Waals surface area contributed by atoms with Gasteiger partial charge in [-0.15, -0.1) is 5.10 Å². The van der Waals surface area contributed by atoms with Crippen molar-refractivity contribution in [2.75, 3.05) is 27.2 Å². The monoisotopic (exact) mass is 219 g/mol. The van der Waals surface area contributed by atoms with Gasteiger partial charge in [0, 0.05) is 13.6 Å². The number of ether oxygens (including phenoxy) is 1. The number of rotatable bonds is 4. The molecule has 86 valence electrons. The van der Waals surface area contributed by atoms with E-state index in [0.717, 1.165) is 23.3 Å². The molecule has 0 aliphatic carbocycles. The Bertz CT molecular complexity index is 476. The second-order valence-electron chi connectivity index (χ2n) is 4.10. The van der Waals surface area contributed by atoms with Gasteiger partial charge in [0.2, 0.25) is 5.88 Å². The predicted molar refractivity (Wildman–Crippen MR) is 64.8 cm³/mol. The first kappa shape index (κ1) is 11.0. The first-order valence-electron chi connectivity index (χ1n) is 5.38. The third-order valence-corrected chi connectivity index (χ3v) is 2.50. The van der Waals surface area contributed by atoms with Crippen molar-refractivity contribution >= 4 is 10.9 Å². The zero-order chi connectivity index (χ0) is 11.5. The van der Waals surface area contributed by atoms with Crippen LogP contribution in [0.25, 0.3) is 10.9 Å². The van der Waals surface area contributed by atoms with E-state index in [1.165, 1.54) is 0 Å². The van der Waals surface area contributed by atoms with Gasteiger partial charge in [-0.3, -0.25) is 4.68 Å². The maximum Gasteiger partial charge on any atom is 0.240 e. The van der Waals surface area contributed by atoms with Crippen LogP contribution in [-0.2, 0) is 7.05 Å². The number of para-hydroxylation sites is 1. The summed E-state index contributed by atoms with van der Waals surface area (Å²) in [6, 6.07) is 8.09. The molecule has 2 rings (SSSR count). The van der Waals surface area contributed by atoms with Crippen molar-refractivity contribution in [1.82, 2.24) is 14.7 Å². The van der Waals surface area contributed by atoms with Gasteiger partial charge in [0.1, 0.15) is 6.61 Å². The summed E-state index contributed by atoms with van der Waals surface area (Å²) < 4.78 is 7.52. The molecule has 0 aliphatic heterocycles. The molecule has 0 aliphatic rings. The number of aromatic nitrogens is 2. The van der Waals surface area contributed by atoms with Gasteiger partial charge in [-0.2, -0.15) is 0 Å². The second-order valence-corrected chi connectivity index (χ2v) is 4.10. The van der Waals surface area contributed by atoms with Crippen LogP contribution in [0.2, 0.25) is 0 Å². The molecule has 0 saturated carbocycles. The minimum atomic E-state index is 0.661. The molecule has 1 aromatic heterocycles. The van der Waals surface area contributed by atoms with Crippen LogP contribution in [0.3, 0.4) is 0 Å². The van der Waals surface area contributed by atoms with E-state index in [0.29, 0.717) is 6.61 Å². The summed E-state index contributed by atoms with van der Waals surface area (Å²) in [5.74, 6) is 0.722. The van der Waals surface area contributed by atoms with Gasteiger partial charge in [0.05, 0.1) is 10.9 Å². The lowest BCUT2D eigenvalue weighted by Crippen LogP contribution is -2.19. The molecule has 1 heterocycles. The van der Waals surface area contributed by atoms with Crippen molar-refractivity contribution < 1.29 is 4.74 Å². The van der Waals surface area contributed by atoms with E-state index in [9.17, 15) is 0 Å². The topological polar surface area (TPSA) is 30.3 Å². The molecule has 0 bridgehead atoms. The Morgan fingerprint density at radius 2 is 2.06 bits per heavy atom. The van der Waals surface area contributed by atoms with Gasteiger partial charge in [0.25, 0.3) is 0 Å². The standard InChI is InChI=1S/C12H17N3O/c1-14(2)8-9-16-12-10-6-4-5-7-11(10)15(3)13-12/h4-7H,8-9H2,1-3H3. The van der Waals surface area contributed by atoms with E-state index in [2.05, 4.69) is 10.00 Å². The number of likely N-dealkylation sites (N-methyl/N-ethyl adjacent to an activating group) is 1. The molecule has 16 heavy (non-hydrogen) atoms. The van der Waals surface area contributed by atoms with Crippen LogP contribution in [0.1, 0.15) is 0 Å². The highest BCUT2D eigenvalue weighted by Gasteiger charge is 2.08. The fraction of sp³-hybridized carbons (Fsp3) is 0.417. The lowest BCUT2D eigenvalue weighted by atomic mass is 10.2. The molecule has 4 heteroatoms. The van der Waals surface area contributed by atoms with Gasteiger partial charge in [-0.05, 0) is 26.2 Å². The molecule has 0 fully saturated rings. The van der Waals surface area contributed by atoms with E-state index >= 15 is 0 Å². The Hall–Kier alpha value is -1.55. The predicted octanol–water partition coefficient (Wildman–Crippen LogP) is 1.51. The molecular formula is C12H17N3O. The summed E-state index contributed by atoms with van der Waals surface area (Å²) in [7, 11) is 5.99. The average molecular weight is 219 g/mol. The van der Waals surface area contributed by atoms with Gasteiger partial charge in [-0.25, -0.2) is 0 Å². The molecule has 0 unspecified atom stereocenters. The summed E-state index contributed by atoms with van der Waals surface area (Å²) in [6.45, 7) is 1.55. The highest BCUT2D eigenvalue weighted by Crippen LogP contribution is 2.23. The summed E-state index contributed by atoms with van der Waals surface area (Å²) in [5, 5.41) is 5.44. The number of hydrogen-bond acceptors (Lipinski definition) is 3. The third-order valence-electron chi connectivity index (χ3n) is 2.50. The SMILES string of the molecule is CN(C)CCOc1nn(C)c2ccccc12. The maximum absolute atomic E-state index is 5.68. The van der Waals surface area contributed by atoms with Crippen molar-refractivity contribution in [2.45, 2.75) is 0 Å². The Balaban J connectivity index is 2.18. The molecule has 1 aromatic carbocycles. The van der Waals surface area contributed by atoms with Crippen LogP contribution in [0.4, 0.5) is 0 Å². The molecule has 0 atom stereocenters. The van der Waals surface area contributed by atoms with E-state index < -0.39 is 0 Å². The van der Waals surface area contributed by atoms with E-state index in [4.69, 9.17) is 4.74 Å². The fourth-order valence-electron chi connectivity index (χ4n) is 1.61. The van der Waals surface area contributed by atoms with Crippen molar-refractivity contribution in [2.24, 2.45) is 7.05 Å². The Morgan fingerprint density at radius 1 is 1.31 bits per heavy atom. The summed E-state index contributed by atoms with van der Waals surface area (Å²) in [6.07, 6.45) is 0. The van der Waals surface area contributed by atoms with Crippen LogP contribution < -0.4 is 4.74 Å². The number of fused-ring (bicyclic) bond motifs is 1. The van der Waals surface area contributed by atoms with Gasteiger partial charge < -0.3 is 9.64 Å². The van der Waals surface area contributed by atoms with Crippen LogP contribution in [0.15, 0.2) is 24.3 Å². The Labute approximate surface area is 95.4 Å². The highest BCUT2D eigenvalue weighted by atomic mass is 16.5. The summed E-state index contributed by atoms with van der Waals surface area (Å²) >= 11 is 0. The first-order valence-corrected chi connectivity index (χ1v) is 5.38. The highest BCUT2D eigenvalue weighted by molar-refractivity contribution is 5.84. The van der Waals surface area contributed by atoms with E-state index in [-0.39, 0.29) is 0 Å². The Kier molecular flexibility index (Phi) is 3.10. The van der Waals surface area contributed by atoms with Gasteiger partial charge in [-0.1, -0.05) is 12.1 Å². The molecular weight excluding hydrogens is 202 g/mol. The molecule has 0 saturated heterocycles. The van der Waals surface area contributed by atoms with Crippen LogP contribution in [0, 0.1) is 0 Å². The van der Waals surface area contributed by atoms with E-state index in [1.807, 2.05) is 50.1 Å². The average Bonchev–Trinajstić information content (AvgIpc) is 2.57. The van der Waals surface area contributed by atoms with Gasteiger partial charge >= 0.3 is 0 Å². The summed E-state index contributed by atoms with van der Waals surface area (Å²) in [4.78, 5) is 2.09.